The van der Waals surface area contributed by atoms with Crippen molar-refractivity contribution in [2.75, 3.05) is 27.1 Å². The van der Waals surface area contributed by atoms with E-state index in [-0.39, 0.29) is 17.4 Å². The SMILES string of the molecule is CCS(=O)(=O)N1CCCc2ccc(NS(=O)(=O)CC(C)C)cc21. The zero-order valence-electron chi connectivity index (χ0n) is 13.7. The van der Waals surface area contributed by atoms with Gasteiger partial charge in [-0.2, -0.15) is 0 Å². The van der Waals surface area contributed by atoms with Crippen molar-refractivity contribution in [1.82, 2.24) is 0 Å². The Balaban J connectivity index is 2.36. The van der Waals surface area contributed by atoms with Crippen LogP contribution in [0.15, 0.2) is 18.2 Å². The fraction of sp³-hybridized carbons (Fsp3) is 0.600. The summed E-state index contributed by atoms with van der Waals surface area (Å²) in [6.45, 7) is 5.72. The smallest absolute Gasteiger partial charge is 0.234 e. The maximum absolute atomic E-state index is 12.2. The van der Waals surface area contributed by atoms with E-state index in [2.05, 4.69) is 4.72 Å². The van der Waals surface area contributed by atoms with E-state index in [1.807, 2.05) is 13.8 Å². The molecule has 1 heterocycles. The molecular formula is C15H24N2O4S2. The normalized spacial score (nSPS) is 15.6. The lowest BCUT2D eigenvalue weighted by Gasteiger charge is -2.30. The first kappa shape index (κ1) is 18.1. The van der Waals surface area contributed by atoms with Crippen molar-refractivity contribution < 1.29 is 16.8 Å². The molecule has 0 amide bonds. The van der Waals surface area contributed by atoms with E-state index >= 15 is 0 Å². The summed E-state index contributed by atoms with van der Waals surface area (Å²) < 4.78 is 52.6. The highest BCUT2D eigenvalue weighted by Crippen LogP contribution is 2.32. The fourth-order valence-corrected chi connectivity index (χ4v) is 5.34. The van der Waals surface area contributed by atoms with Crippen LogP contribution < -0.4 is 9.03 Å². The highest BCUT2D eigenvalue weighted by Gasteiger charge is 2.26. The molecule has 1 aromatic rings. The molecule has 0 unspecified atom stereocenters. The van der Waals surface area contributed by atoms with E-state index in [0.29, 0.717) is 17.9 Å². The predicted molar refractivity (Wildman–Crippen MR) is 93.8 cm³/mol. The van der Waals surface area contributed by atoms with E-state index in [4.69, 9.17) is 0 Å². The number of benzene rings is 1. The van der Waals surface area contributed by atoms with E-state index < -0.39 is 20.0 Å². The first-order chi connectivity index (χ1) is 10.6. The Bertz CT molecular complexity index is 771. The molecular weight excluding hydrogens is 336 g/mol. The average Bonchev–Trinajstić information content (AvgIpc) is 2.44. The van der Waals surface area contributed by atoms with E-state index in [9.17, 15) is 16.8 Å². The molecule has 0 bridgehead atoms. The minimum atomic E-state index is -3.44. The number of hydrogen-bond donors (Lipinski definition) is 1. The summed E-state index contributed by atoms with van der Waals surface area (Å²) in [4.78, 5) is 0. The zero-order valence-corrected chi connectivity index (χ0v) is 15.4. The third kappa shape index (κ3) is 4.38. The first-order valence-corrected chi connectivity index (χ1v) is 11.0. The molecule has 0 fully saturated rings. The van der Waals surface area contributed by atoms with Crippen molar-refractivity contribution in [3.8, 4) is 0 Å². The molecule has 0 aromatic heterocycles. The van der Waals surface area contributed by atoms with Gasteiger partial charge in [-0.1, -0.05) is 19.9 Å². The number of nitrogens with zero attached hydrogens (tertiary/aromatic N) is 1. The minimum absolute atomic E-state index is 0.0158. The maximum atomic E-state index is 12.2. The standard InChI is InChI=1S/C15H24N2O4S2/c1-4-23(20,21)17-9-5-6-13-7-8-14(10-15(13)17)16-22(18,19)11-12(2)3/h7-8,10,12,16H,4-6,9,11H2,1-3H3. The fourth-order valence-electron chi connectivity index (χ4n) is 2.71. The Morgan fingerprint density at radius 2 is 1.91 bits per heavy atom. The molecule has 0 saturated carbocycles. The van der Waals surface area contributed by atoms with Crippen LogP contribution in [0, 0.1) is 5.92 Å². The number of aryl methyl sites for hydroxylation is 1. The van der Waals surface area contributed by atoms with E-state index in [0.717, 1.165) is 18.4 Å². The van der Waals surface area contributed by atoms with Crippen molar-refractivity contribution >= 4 is 31.4 Å². The van der Waals surface area contributed by atoms with Crippen LogP contribution in [0.5, 0.6) is 0 Å². The summed E-state index contributed by atoms with van der Waals surface area (Å²) >= 11 is 0. The lowest BCUT2D eigenvalue weighted by Crippen LogP contribution is -2.36. The molecule has 0 spiro atoms. The van der Waals surface area contributed by atoms with E-state index in [1.165, 1.54) is 4.31 Å². The molecule has 2 rings (SSSR count). The number of rotatable bonds is 6. The van der Waals surface area contributed by atoms with Gasteiger partial charge in [-0.25, -0.2) is 16.8 Å². The number of hydrogen-bond acceptors (Lipinski definition) is 4. The minimum Gasteiger partial charge on any atom is -0.283 e. The highest BCUT2D eigenvalue weighted by atomic mass is 32.2. The topological polar surface area (TPSA) is 83.6 Å². The second kappa shape index (κ2) is 6.68. The highest BCUT2D eigenvalue weighted by molar-refractivity contribution is 7.93. The van der Waals surface area contributed by atoms with Crippen LogP contribution in [0.4, 0.5) is 11.4 Å². The molecule has 1 N–H and O–H groups in total. The molecule has 23 heavy (non-hydrogen) atoms. The summed E-state index contributed by atoms with van der Waals surface area (Å²) in [6, 6.07) is 5.12. The summed E-state index contributed by atoms with van der Waals surface area (Å²) in [6.07, 6.45) is 1.56. The number of nitrogens with one attached hydrogen (secondary N) is 1. The quantitative estimate of drug-likeness (QED) is 0.843. The van der Waals surface area contributed by atoms with Gasteiger partial charge >= 0.3 is 0 Å². The molecule has 0 atom stereocenters. The molecule has 1 aliphatic rings. The Morgan fingerprint density at radius 3 is 2.52 bits per heavy atom. The Labute approximate surface area is 139 Å². The zero-order chi connectivity index (χ0) is 17.3. The van der Waals surface area contributed by atoms with Gasteiger partial charge in [0, 0.05) is 6.54 Å². The third-order valence-electron chi connectivity index (χ3n) is 3.69. The molecule has 8 heteroatoms. The molecule has 0 aliphatic carbocycles. The van der Waals surface area contributed by atoms with Crippen LogP contribution in [-0.4, -0.2) is 34.9 Å². The van der Waals surface area contributed by atoms with Gasteiger partial charge in [0.25, 0.3) is 0 Å². The van der Waals surface area contributed by atoms with Crippen LogP contribution in [0.2, 0.25) is 0 Å². The second-order valence-corrected chi connectivity index (χ2v) is 10.1. The van der Waals surface area contributed by atoms with Crippen LogP contribution >= 0.6 is 0 Å². The number of anilines is 2. The van der Waals surface area contributed by atoms with Gasteiger partial charge in [-0.3, -0.25) is 9.03 Å². The Kier molecular flexibility index (Phi) is 5.25. The average molecular weight is 361 g/mol. The lowest BCUT2D eigenvalue weighted by atomic mass is 10.0. The number of fused-ring (bicyclic) bond motifs is 1. The summed E-state index contributed by atoms with van der Waals surface area (Å²) in [5.74, 6) is 0.0682. The monoisotopic (exact) mass is 360 g/mol. The van der Waals surface area contributed by atoms with Gasteiger partial charge in [0.05, 0.1) is 22.9 Å². The van der Waals surface area contributed by atoms with Crippen molar-refractivity contribution in [2.45, 2.75) is 33.6 Å². The van der Waals surface area contributed by atoms with Crippen molar-refractivity contribution in [1.29, 1.82) is 0 Å². The van der Waals surface area contributed by atoms with Gasteiger partial charge in [0.15, 0.2) is 0 Å². The molecule has 0 saturated heterocycles. The lowest BCUT2D eigenvalue weighted by molar-refractivity contribution is 0.586. The first-order valence-electron chi connectivity index (χ1n) is 7.78. The predicted octanol–water partition coefficient (Wildman–Crippen LogP) is 2.19. The largest absolute Gasteiger partial charge is 0.283 e. The van der Waals surface area contributed by atoms with Crippen LogP contribution in [0.3, 0.4) is 0 Å². The molecule has 130 valence electrons. The molecule has 1 aromatic carbocycles. The summed E-state index contributed by atoms with van der Waals surface area (Å²) in [5, 5.41) is 0. The van der Waals surface area contributed by atoms with Gasteiger partial charge in [0.2, 0.25) is 20.0 Å². The molecule has 6 nitrogen and oxygen atoms in total. The van der Waals surface area contributed by atoms with Crippen molar-refractivity contribution in [3.63, 3.8) is 0 Å². The van der Waals surface area contributed by atoms with Gasteiger partial charge in [-0.15, -0.1) is 0 Å². The number of sulfonamides is 2. The van der Waals surface area contributed by atoms with Crippen LogP contribution in [-0.2, 0) is 26.5 Å². The van der Waals surface area contributed by atoms with Gasteiger partial charge in [0.1, 0.15) is 0 Å². The van der Waals surface area contributed by atoms with E-state index in [1.54, 1.807) is 25.1 Å². The van der Waals surface area contributed by atoms with Gasteiger partial charge in [-0.05, 0) is 43.4 Å². The molecule has 0 radical (unpaired) electrons. The molecule has 1 aliphatic heterocycles. The summed E-state index contributed by atoms with van der Waals surface area (Å²) in [5.41, 5.74) is 1.92. The Hall–Kier alpha value is -1.28. The second-order valence-electron chi connectivity index (χ2n) is 6.20. The van der Waals surface area contributed by atoms with Gasteiger partial charge < -0.3 is 0 Å². The van der Waals surface area contributed by atoms with Crippen molar-refractivity contribution in [3.05, 3.63) is 23.8 Å². The summed E-state index contributed by atoms with van der Waals surface area (Å²) in [7, 11) is -6.79. The Morgan fingerprint density at radius 1 is 1.22 bits per heavy atom. The maximum Gasteiger partial charge on any atom is 0.234 e. The third-order valence-corrected chi connectivity index (χ3v) is 7.12. The van der Waals surface area contributed by atoms with Crippen LogP contribution in [0.25, 0.3) is 0 Å². The van der Waals surface area contributed by atoms with Crippen LogP contribution in [0.1, 0.15) is 32.8 Å². The van der Waals surface area contributed by atoms with Crippen molar-refractivity contribution in [2.24, 2.45) is 5.92 Å².